The molecule has 21 heavy (non-hydrogen) atoms. The number of rotatable bonds is 6. The highest BCUT2D eigenvalue weighted by molar-refractivity contribution is 9.10. The minimum absolute atomic E-state index is 0.639. The van der Waals surface area contributed by atoms with Crippen LogP contribution in [-0.4, -0.2) is 33.3 Å². The maximum atomic E-state index is 5.34. The largest absolute Gasteiger partial charge is 0.497 e. The second kappa shape index (κ2) is 7.00. The molecule has 114 valence electrons. The number of thiazole rings is 1. The van der Waals surface area contributed by atoms with Crippen LogP contribution >= 0.6 is 27.3 Å². The molecule has 1 heterocycles. The molecule has 0 unspecified atom stereocenters. The second-order valence-corrected chi connectivity index (χ2v) is 6.44. The van der Waals surface area contributed by atoms with Crippen LogP contribution in [0.5, 0.6) is 11.6 Å². The molecule has 2 rings (SSSR count). The van der Waals surface area contributed by atoms with Gasteiger partial charge in [0.05, 0.1) is 31.3 Å². The van der Waals surface area contributed by atoms with E-state index in [2.05, 4.69) is 26.2 Å². The van der Waals surface area contributed by atoms with Gasteiger partial charge in [0.25, 0.3) is 0 Å². The van der Waals surface area contributed by atoms with E-state index < -0.39 is 0 Å². The van der Waals surface area contributed by atoms with Gasteiger partial charge in [-0.1, -0.05) is 11.3 Å². The van der Waals surface area contributed by atoms with Gasteiger partial charge in [0.15, 0.2) is 5.13 Å². The third-order valence-electron chi connectivity index (χ3n) is 2.84. The Hall–Kier alpha value is -1.47. The van der Waals surface area contributed by atoms with Crippen LogP contribution in [0.15, 0.2) is 22.7 Å². The number of aromatic nitrogens is 1. The molecule has 5 nitrogen and oxygen atoms in total. The molecule has 0 aliphatic heterocycles. The Morgan fingerprint density at radius 1 is 1.29 bits per heavy atom. The van der Waals surface area contributed by atoms with Crippen molar-refractivity contribution in [2.75, 3.05) is 38.5 Å². The van der Waals surface area contributed by atoms with Crippen LogP contribution in [0.25, 0.3) is 0 Å². The molecule has 0 bridgehead atoms. The molecule has 0 saturated carbocycles. The first kappa shape index (κ1) is 15.9. The van der Waals surface area contributed by atoms with Crippen LogP contribution in [0, 0.1) is 0 Å². The van der Waals surface area contributed by atoms with Crippen LogP contribution in [0.4, 0.5) is 10.8 Å². The van der Waals surface area contributed by atoms with E-state index in [0.29, 0.717) is 12.4 Å². The number of ether oxygens (including phenoxy) is 2. The first-order valence-corrected chi connectivity index (χ1v) is 7.94. The number of halogens is 1. The molecule has 0 spiro atoms. The summed E-state index contributed by atoms with van der Waals surface area (Å²) in [6.07, 6.45) is 0. The zero-order valence-corrected chi connectivity index (χ0v) is 14.8. The zero-order chi connectivity index (χ0) is 15.4. The van der Waals surface area contributed by atoms with Crippen LogP contribution in [0.2, 0.25) is 0 Å². The number of nitrogens with one attached hydrogen (secondary N) is 1. The Balaban J connectivity index is 2.16. The molecule has 0 fully saturated rings. The normalized spacial score (nSPS) is 10.3. The Bertz CT molecular complexity index is 616. The highest BCUT2D eigenvalue weighted by Crippen LogP contribution is 2.32. The second-order valence-electron chi connectivity index (χ2n) is 4.52. The lowest BCUT2D eigenvalue weighted by Gasteiger charge is -2.10. The van der Waals surface area contributed by atoms with E-state index in [9.17, 15) is 0 Å². The summed E-state index contributed by atoms with van der Waals surface area (Å²) in [7, 11) is 7.23. The van der Waals surface area contributed by atoms with Crippen LogP contribution in [-0.2, 0) is 6.54 Å². The van der Waals surface area contributed by atoms with Gasteiger partial charge < -0.3 is 19.7 Å². The smallest absolute Gasteiger partial charge is 0.231 e. The van der Waals surface area contributed by atoms with Gasteiger partial charge in [0.2, 0.25) is 5.88 Å². The summed E-state index contributed by atoms with van der Waals surface area (Å²) in [4.78, 5) is 7.46. The number of hydrogen-bond acceptors (Lipinski definition) is 6. The molecule has 7 heteroatoms. The van der Waals surface area contributed by atoms with Crippen LogP contribution in [0.1, 0.15) is 4.88 Å². The van der Waals surface area contributed by atoms with E-state index in [0.717, 1.165) is 25.9 Å². The average Bonchev–Trinajstić information content (AvgIpc) is 2.90. The third-order valence-corrected chi connectivity index (χ3v) is 4.73. The minimum Gasteiger partial charge on any atom is -0.497 e. The highest BCUT2D eigenvalue weighted by Gasteiger charge is 2.13. The van der Waals surface area contributed by atoms with E-state index >= 15 is 0 Å². The van der Waals surface area contributed by atoms with Gasteiger partial charge in [-0.05, 0) is 28.1 Å². The van der Waals surface area contributed by atoms with Gasteiger partial charge >= 0.3 is 0 Å². The number of anilines is 2. The first-order valence-electron chi connectivity index (χ1n) is 6.33. The van der Waals surface area contributed by atoms with Crippen molar-refractivity contribution in [3.8, 4) is 11.6 Å². The Kier molecular flexibility index (Phi) is 5.30. The van der Waals surface area contributed by atoms with Crippen molar-refractivity contribution < 1.29 is 9.47 Å². The maximum absolute atomic E-state index is 5.34. The lowest BCUT2D eigenvalue weighted by Crippen LogP contribution is -2.07. The van der Waals surface area contributed by atoms with Gasteiger partial charge in [-0.2, -0.15) is 4.98 Å². The summed E-state index contributed by atoms with van der Waals surface area (Å²) in [6, 6.07) is 5.81. The van der Waals surface area contributed by atoms with Crippen molar-refractivity contribution in [2.45, 2.75) is 6.54 Å². The van der Waals surface area contributed by atoms with E-state index in [1.807, 2.05) is 37.2 Å². The molecular weight excluding hydrogens is 354 g/mol. The molecule has 0 amide bonds. The van der Waals surface area contributed by atoms with Crippen molar-refractivity contribution in [3.05, 3.63) is 27.5 Å². The summed E-state index contributed by atoms with van der Waals surface area (Å²) in [5.41, 5.74) is 0.969. The molecule has 1 aromatic carbocycles. The third kappa shape index (κ3) is 3.79. The van der Waals surface area contributed by atoms with E-state index in [1.165, 1.54) is 0 Å². The summed E-state index contributed by atoms with van der Waals surface area (Å²) in [5.74, 6) is 1.47. The molecule has 1 aromatic heterocycles. The highest BCUT2D eigenvalue weighted by atomic mass is 79.9. The predicted molar refractivity (Wildman–Crippen MR) is 91.0 cm³/mol. The molecule has 0 saturated heterocycles. The Morgan fingerprint density at radius 2 is 2.05 bits per heavy atom. The van der Waals surface area contributed by atoms with E-state index in [1.54, 1.807) is 25.6 Å². The minimum atomic E-state index is 0.639. The van der Waals surface area contributed by atoms with Crippen LogP contribution in [0.3, 0.4) is 0 Å². The molecule has 0 aliphatic carbocycles. The fourth-order valence-electron chi connectivity index (χ4n) is 1.73. The van der Waals surface area contributed by atoms with Crippen molar-refractivity contribution in [1.29, 1.82) is 0 Å². The summed E-state index contributed by atoms with van der Waals surface area (Å²) < 4.78 is 11.6. The summed E-state index contributed by atoms with van der Waals surface area (Å²) in [5, 5.41) is 4.30. The van der Waals surface area contributed by atoms with Gasteiger partial charge in [0.1, 0.15) is 5.75 Å². The lowest BCUT2D eigenvalue weighted by molar-refractivity contribution is 0.397. The topological polar surface area (TPSA) is 46.6 Å². The van der Waals surface area contributed by atoms with E-state index in [-0.39, 0.29) is 0 Å². The average molecular weight is 372 g/mol. The molecule has 0 atom stereocenters. The number of nitrogens with zero attached hydrogens (tertiary/aromatic N) is 2. The van der Waals surface area contributed by atoms with Gasteiger partial charge in [-0.3, -0.25) is 0 Å². The van der Waals surface area contributed by atoms with Crippen molar-refractivity contribution in [1.82, 2.24) is 4.98 Å². The molecule has 0 aliphatic rings. The fourth-order valence-corrected chi connectivity index (χ4v) is 3.01. The standard InChI is InChI=1S/C14H18BrN3O2S/c1-18(2)14-17-13(20-4)12(21-14)8-16-11-7-9(19-3)5-6-10(11)15/h5-7,16H,8H2,1-4H3. The first-order chi connectivity index (χ1) is 10.0. The Labute approximate surface area is 137 Å². The zero-order valence-electron chi connectivity index (χ0n) is 12.4. The van der Waals surface area contributed by atoms with Crippen molar-refractivity contribution in [2.24, 2.45) is 0 Å². The number of methoxy groups -OCH3 is 2. The SMILES string of the molecule is COc1ccc(Br)c(NCc2sc(N(C)C)nc2OC)c1. The molecule has 2 aromatic rings. The lowest BCUT2D eigenvalue weighted by atomic mass is 10.3. The molecular formula is C14H18BrN3O2S. The number of benzene rings is 1. The molecule has 0 radical (unpaired) electrons. The van der Waals surface area contributed by atoms with Gasteiger partial charge in [-0.15, -0.1) is 0 Å². The van der Waals surface area contributed by atoms with Gasteiger partial charge in [0, 0.05) is 24.6 Å². The number of hydrogen-bond donors (Lipinski definition) is 1. The predicted octanol–water partition coefficient (Wildman–Crippen LogP) is 3.60. The van der Waals surface area contributed by atoms with Crippen molar-refractivity contribution >= 4 is 38.1 Å². The van der Waals surface area contributed by atoms with Crippen LogP contribution < -0.4 is 19.7 Å². The summed E-state index contributed by atoms with van der Waals surface area (Å²) >= 11 is 5.14. The van der Waals surface area contributed by atoms with E-state index in [4.69, 9.17) is 9.47 Å². The fraction of sp³-hybridized carbons (Fsp3) is 0.357. The monoisotopic (exact) mass is 371 g/mol. The molecule has 1 N–H and O–H groups in total. The maximum Gasteiger partial charge on any atom is 0.231 e. The quantitative estimate of drug-likeness (QED) is 0.840. The Morgan fingerprint density at radius 3 is 2.67 bits per heavy atom. The van der Waals surface area contributed by atoms with Gasteiger partial charge in [-0.25, -0.2) is 0 Å². The summed E-state index contributed by atoms with van der Waals surface area (Å²) in [6.45, 7) is 0.639. The van der Waals surface area contributed by atoms with Crippen molar-refractivity contribution in [3.63, 3.8) is 0 Å².